The molecule has 0 unspecified atom stereocenters. The Hall–Kier alpha value is -0.320. The molecular weight excluding hydrogens is 398 g/mol. The van der Waals surface area contributed by atoms with E-state index in [9.17, 15) is 0 Å². The molecule has 1 nitrogen and oxygen atoms in total. The van der Waals surface area contributed by atoms with Crippen LogP contribution in [0.3, 0.4) is 0 Å². The van der Waals surface area contributed by atoms with Crippen LogP contribution in [-0.4, -0.2) is 0 Å². The van der Waals surface area contributed by atoms with Crippen LogP contribution in [0.1, 0.15) is 0 Å². The maximum Gasteiger partial charge on any atom is 0.0553 e. The molecule has 0 aliphatic heterocycles. The van der Waals surface area contributed by atoms with E-state index in [-0.39, 0.29) is 0 Å². The molecule has 0 saturated carbocycles. The first kappa shape index (κ1) is 12.1. The van der Waals surface area contributed by atoms with Gasteiger partial charge in [0.05, 0.1) is 10.2 Å². The molecule has 16 heavy (non-hydrogen) atoms. The van der Waals surface area contributed by atoms with Crippen molar-refractivity contribution in [2.75, 3.05) is 5.32 Å². The molecular formula is C12H8Br3N. The van der Waals surface area contributed by atoms with Gasteiger partial charge in [-0.15, -0.1) is 0 Å². The Morgan fingerprint density at radius 1 is 0.875 bits per heavy atom. The van der Waals surface area contributed by atoms with E-state index < -0.39 is 0 Å². The topological polar surface area (TPSA) is 12.0 Å². The van der Waals surface area contributed by atoms with Crippen LogP contribution >= 0.6 is 47.8 Å². The van der Waals surface area contributed by atoms with Crippen molar-refractivity contribution in [2.45, 2.75) is 0 Å². The first-order valence-electron chi connectivity index (χ1n) is 4.63. The molecule has 0 radical (unpaired) electrons. The van der Waals surface area contributed by atoms with Crippen LogP contribution < -0.4 is 5.32 Å². The highest BCUT2D eigenvalue weighted by atomic mass is 79.9. The fourth-order valence-electron chi connectivity index (χ4n) is 1.32. The average molecular weight is 406 g/mol. The van der Waals surface area contributed by atoms with Gasteiger partial charge in [0.1, 0.15) is 0 Å². The molecule has 0 aliphatic carbocycles. The first-order valence-corrected chi connectivity index (χ1v) is 7.01. The van der Waals surface area contributed by atoms with Crippen molar-refractivity contribution in [1.82, 2.24) is 0 Å². The van der Waals surface area contributed by atoms with Crippen molar-refractivity contribution in [1.29, 1.82) is 0 Å². The molecule has 0 saturated heterocycles. The van der Waals surface area contributed by atoms with Crippen molar-refractivity contribution >= 4 is 59.2 Å². The van der Waals surface area contributed by atoms with Gasteiger partial charge < -0.3 is 5.32 Å². The van der Waals surface area contributed by atoms with Gasteiger partial charge in [0.2, 0.25) is 0 Å². The van der Waals surface area contributed by atoms with Gasteiger partial charge in [-0.3, -0.25) is 0 Å². The Morgan fingerprint density at radius 2 is 1.56 bits per heavy atom. The van der Waals surface area contributed by atoms with Gasteiger partial charge in [-0.1, -0.05) is 34.1 Å². The van der Waals surface area contributed by atoms with Crippen LogP contribution in [-0.2, 0) is 0 Å². The highest BCUT2D eigenvalue weighted by Gasteiger charge is 2.05. The van der Waals surface area contributed by atoms with E-state index in [4.69, 9.17) is 0 Å². The number of para-hydroxylation sites is 1. The summed E-state index contributed by atoms with van der Waals surface area (Å²) >= 11 is 10.5. The lowest BCUT2D eigenvalue weighted by Crippen LogP contribution is -1.91. The standard InChI is InChI=1S/C12H8Br3N/c13-8-6-10(14)12(15)11(7-8)16-9-4-2-1-3-5-9/h1-7,16H. The molecule has 0 spiro atoms. The summed E-state index contributed by atoms with van der Waals surface area (Å²) in [5, 5.41) is 3.35. The van der Waals surface area contributed by atoms with Crippen molar-refractivity contribution in [3.8, 4) is 0 Å². The third-order valence-corrected chi connectivity index (χ3v) is 4.52. The number of hydrogen-bond donors (Lipinski definition) is 1. The lowest BCUT2D eigenvalue weighted by atomic mass is 10.3. The third kappa shape index (κ3) is 2.87. The van der Waals surface area contributed by atoms with Crippen LogP contribution in [0, 0.1) is 0 Å². The molecule has 2 aromatic carbocycles. The summed E-state index contributed by atoms with van der Waals surface area (Å²) in [4.78, 5) is 0. The maximum atomic E-state index is 3.54. The summed E-state index contributed by atoms with van der Waals surface area (Å²) in [6.45, 7) is 0. The molecule has 0 fully saturated rings. The predicted molar refractivity (Wildman–Crippen MR) is 79.3 cm³/mol. The minimum Gasteiger partial charge on any atom is -0.355 e. The van der Waals surface area contributed by atoms with E-state index in [1.54, 1.807) is 0 Å². The van der Waals surface area contributed by atoms with Crippen LogP contribution in [0.4, 0.5) is 11.4 Å². The van der Waals surface area contributed by atoms with E-state index in [0.717, 1.165) is 24.8 Å². The second kappa shape index (κ2) is 5.34. The lowest BCUT2D eigenvalue weighted by Gasteiger charge is -2.10. The molecule has 82 valence electrons. The number of nitrogens with one attached hydrogen (secondary N) is 1. The van der Waals surface area contributed by atoms with Gasteiger partial charge >= 0.3 is 0 Å². The van der Waals surface area contributed by atoms with Crippen molar-refractivity contribution in [3.63, 3.8) is 0 Å². The van der Waals surface area contributed by atoms with E-state index in [1.807, 2.05) is 42.5 Å². The monoisotopic (exact) mass is 403 g/mol. The van der Waals surface area contributed by atoms with Gasteiger partial charge in [0, 0.05) is 14.6 Å². The molecule has 4 heteroatoms. The highest BCUT2D eigenvalue weighted by molar-refractivity contribution is 9.13. The SMILES string of the molecule is Brc1cc(Br)c(Br)c(Nc2ccccc2)c1. The third-order valence-electron chi connectivity index (χ3n) is 2.05. The quantitative estimate of drug-likeness (QED) is 0.630. The number of benzene rings is 2. The van der Waals surface area contributed by atoms with Crippen LogP contribution in [0.5, 0.6) is 0 Å². The van der Waals surface area contributed by atoms with Crippen LogP contribution in [0.25, 0.3) is 0 Å². The Morgan fingerprint density at radius 3 is 2.25 bits per heavy atom. The normalized spacial score (nSPS) is 10.2. The van der Waals surface area contributed by atoms with E-state index >= 15 is 0 Å². The summed E-state index contributed by atoms with van der Waals surface area (Å²) in [5.41, 5.74) is 2.08. The number of anilines is 2. The summed E-state index contributed by atoms with van der Waals surface area (Å²) < 4.78 is 3.06. The minimum atomic E-state index is 1.01. The minimum absolute atomic E-state index is 1.01. The largest absolute Gasteiger partial charge is 0.355 e. The van der Waals surface area contributed by atoms with E-state index in [1.165, 1.54) is 0 Å². The van der Waals surface area contributed by atoms with E-state index in [2.05, 4.69) is 53.1 Å². The average Bonchev–Trinajstić information content (AvgIpc) is 2.27. The van der Waals surface area contributed by atoms with Gasteiger partial charge in [0.15, 0.2) is 0 Å². The summed E-state index contributed by atoms with van der Waals surface area (Å²) in [6.07, 6.45) is 0. The molecule has 0 bridgehead atoms. The molecule has 0 aliphatic rings. The predicted octanol–water partition coefficient (Wildman–Crippen LogP) is 5.72. The van der Waals surface area contributed by atoms with Crippen molar-refractivity contribution < 1.29 is 0 Å². The molecule has 2 rings (SSSR count). The molecule has 1 N–H and O–H groups in total. The fraction of sp³-hybridized carbons (Fsp3) is 0. The van der Waals surface area contributed by atoms with Gasteiger partial charge in [-0.2, -0.15) is 0 Å². The molecule has 0 heterocycles. The fourth-order valence-corrected chi connectivity index (χ4v) is 2.88. The number of halogens is 3. The second-order valence-corrected chi connectivity index (χ2v) is 5.80. The molecule has 2 aromatic rings. The number of hydrogen-bond acceptors (Lipinski definition) is 1. The van der Waals surface area contributed by atoms with E-state index in [0.29, 0.717) is 0 Å². The Labute approximate surface area is 120 Å². The highest BCUT2D eigenvalue weighted by Crippen LogP contribution is 2.35. The smallest absolute Gasteiger partial charge is 0.0553 e. The lowest BCUT2D eigenvalue weighted by molar-refractivity contribution is 1.48. The van der Waals surface area contributed by atoms with Gasteiger partial charge in [0.25, 0.3) is 0 Å². The Balaban J connectivity index is 2.35. The Kier molecular flexibility index (Phi) is 4.05. The zero-order valence-corrected chi connectivity index (χ0v) is 12.9. The first-order chi connectivity index (χ1) is 7.66. The Bertz CT molecular complexity index is 497. The van der Waals surface area contributed by atoms with Crippen molar-refractivity contribution in [2.24, 2.45) is 0 Å². The van der Waals surface area contributed by atoms with Crippen molar-refractivity contribution in [3.05, 3.63) is 55.9 Å². The molecule has 0 aromatic heterocycles. The number of rotatable bonds is 2. The second-order valence-electron chi connectivity index (χ2n) is 3.24. The summed E-state index contributed by atoms with van der Waals surface area (Å²) in [6, 6.07) is 14.1. The zero-order valence-electron chi connectivity index (χ0n) is 8.18. The molecule has 0 amide bonds. The van der Waals surface area contributed by atoms with Crippen LogP contribution in [0.15, 0.2) is 55.9 Å². The summed E-state index contributed by atoms with van der Waals surface area (Å²) in [7, 11) is 0. The zero-order chi connectivity index (χ0) is 11.5. The molecule has 0 atom stereocenters. The van der Waals surface area contributed by atoms with Crippen LogP contribution in [0.2, 0.25) is 0 Å². The summed E-state index contributed by atoms with van der Waals surface area (Å²) in [5.74, 6) is 0. The van der Waals surface area contributed by atoms with Gasteiger partial charge in [-0.05, 0) is 56.1 Å². The van der Waals surface area contributed by atoms with Gasteiger partial charge in [-0.25, -0.2) is 0 Å². The maximum absolute atomic E-state index is 3.54.